The summed E-state index contributed by atoms with van der Waals surface area (Å²) in [7, 11) is 0. The molecule has 0 saturated carbocycles. The minimum absolute atomic E-state index is 0.213. The summed E-state index contributed by atoms with van der Waals surface area (Å²) in [6, 6.07) is 17.5. The monoisotopic (exact) mass is 543 g/mol. The van der Waals surface area contributed by atoms with Gasteiger partial charge >= 0.3 is 5.97 Å². The number of carbonyl (C=O) groups is 1. The molecule has 0 bridgehead atoms. The van der Waals surface area contributed by atoms with Crippen molar-refractivity contribution < 1.29 is 18.7 Å². The lowest BCUT2D eigenvalue weighted by Gasteiger charge is -2.11. The molecule has 0 radical (unpaired) electrons. The van der Waals surface area contributed by atoms with Gasteiger partial charge in [-0.05, 0) is 91.9 Å². The number of hydrogen-bond acceptors (Lipinski definition) is 4. The Bertz CT molecular complexity index is 1210. The summed E-state index contributed by atoms with van der Waals surface area (Å²) >= 11 is 7.00. The summed E-state index contributed by atoms with van der Waals surface area (Å²) in [5, 5.41) is 0. The van der Waals surface area contributed by atoms with Gasteiger partial charge < -0.3 is 9.47 Å². The second-order valence-electron chi connectivity index (χ2n) is 6.88. The van der Waals surface area contributed by atoms with Crippen LogP contribution >= 0.6 is 31.9 Å². The van der Waals surface area contributed by atoms with Crippen molar-refractivity contribution >= 4 is 49.8 Å². The number of nitrogens with zero attached hydrogens (tertiary/aromatic N) is 1. The van der Waals surface area contributed by atoms with E-state index in [1.807, 2.05) is 43.3 Å². The number of cyclic esters (lactones) is 1. The van der Waals surface area contributed by atoms with Crippen molar-refractivity contribution in [3.8, 4) is 5.75 Å². The fraction of sp³-hybridized carbons (Fsp3) is 0.0833. The van der Waals surface area contributed by atoms with Crippen molar-refractivity contribution in [2.24, 2.45) is 4.99 Å². The number of halogens is 3. The molecule has 0 N–H and O–H groups in total. The van der Waals surface area contributed by atoms with Crippen molar-refractivity contribution in [3.63, 3.8) is 0 Å². The van der Waals surface area contributed by atoms with Crippen LogP contribution < -0.4 is 4.74 Å². The van der Waals surface area contributed by atoms with Gasteiger partial charge in [-0.1, -0.05) is 30.3 Å². The van der Waals surface area contributed by atoms with Gasteiger partial charge in [0.15, 0.2) is 5.70 Å². The van der Waals surface area contributed by atoms with Crippen LogP contribution in [0.4, 0.5) is 4.39 Å². The normalized spacial score (nSPS) is 14.5. The minimum atomic E-state index is -0.503. The number of carbonyl (C=O) groups excluding carboxylic acids is 1. The van der Waals surface area contributed by atoms with Gasteiger partial charge in [0.2, 0.25) is 5.90 Å². The van der Waals surface area contributed by atoms with E-state index in [2.05, 4.69) is 36.9 Å². The van der Waals surface area contributed by atoms with Crippen LogP contribution in [0.15, 0.2) is 80.3 Å². The molecule has 0 unspecified atom stereocenters. The summed E-state index contributed by atoms with van der Waals surface area (Å²) in [5.74, 6) is 0.0549. The Kier molecular flexibility index (Phi) is 6.34. The molecule has 31 heavy (non-hydrogen) atoms. The number of hydrogen-bond donors (Lipinski definition) is 0. The fourth-order valence-corrected chi connectivity index (χ4v) is 4.53. The molecule has 0 saturated heterocycles. The summed E-state index contributed by atoms with van der Waals surface area (Å²) in [4.78, 5) is 16.7. The van der Waals surface area contributed by atoms with E-state index in [1.165, 1.54) is 12.1 Å². The quantitative estimate of drug-likeness (QED) is 0.269. The van der Waals surface area contributed by atoms with Crippen LogP contribution in [0.1, 0.15) is 22.3 Å². The van der Waals surface area contributed by atoms with E-state index in [4.69, 9.17) is 9.47 Å². The Morgan fingerprint density at radius 1 is 1.06 bits per heavy atom. The number of esters is 1. The van der Waals surface area contributed by atoms with Crippen molar-refractivity contribution in [1.82, 2.24) is 0 Å². The van der Waals surface area contributed by atoms with E-state index in [0.717, 1.165) is 22.3 Å². The van der Waals surface area contributed by atoms with Crippen molar-refractivity contribution in [2.45, 2.75) is 13.5 Å². The molecule has 3 aromatic rings. The van der Waals surface area contributed by atoms with E-state index in [0.29, 0.717) is 20.6 Å². The number of aliphatic imine (C=N–C) groups is 1. The van der Waals surface area contributed by atoms with Gasteiger partial charge in [0.05, 0.1) is 8.95 Å². The maximum absolute atomic E-state index is 13.4. The second-order valence-corrected chi connectivity index (χ2v) is 8.59. The number of rotatable bonds is 5. The number of aryl methyl sites for hydroxylation is 1. The number of ether oxygens (including phenoxy) is 2. The topological polar surface area (TPSA) is 47.9 Å². The van der Waals surface area contributed by atoms with E-state index in [-0.39, 0.29) is 18.1 Å². The van der Waals surface area contributed by atoms with Gasteiger partial charge in [-0.2, -0.15) is 0 Å². The molecule has 1 aliphatic heterocycles. The third-order valence-corrected chi connectivity index (χ3v) is 5.77. The summed E-state index contributed by atoms with van der Waals surface area (Å²) < 4.78 is 25.9. The highest BCUT2D eigenvalue weighted by Crippen LogP contribution is 2.36. The van der Waals surface area contributed by atoms with Gasteiger partial charge in [0.25, 0.3) is 0 Å². The van der Waals surface area contributed by atoms with Crippen LogP contribution in [-0.4, -0.2) is 11.9 Å². The second kappa shape index (κ2) is 9.16. The largest absolute Gasteiger partial charge is 0.487 e. The maximum atomic E-state index is 13.4. The molecule has 0 atom stereocenters. The molecule has 4 rings (SSSR count). The third-order valence-electron chi connectivity index (χ3n) is 4.59. The molecule has 0 spiro atoms. The highest BCUT2D eigenvalue weighted by molar-refractivity contribution is 9.11. The zero-order chi connectivity index (χ0) is 22.0. The van der Waals surface area contributed by atoms with Gasteiger partial charge in [0, 0.05) is 5.56 Å². The van der Waals surface area contributed by atoms with E-state index >= 15 is 0 Å². The fourth-order valence-electron chi connectivity index (χ4n) is 3.08. The SMILES string of the molecule is Cc1ccccc1C1=N/C(=C\c2cc(Br)c(OCc3cccc(F)c3)c(Br)c2)C(=O)O1. The van der Waals surface area contributed by atoms with Crippen LogP contribution in [0, 0.1) is 12.7 Å². The first kappa shape index (κ1) is 21.5. The Hall–Kier alpha value is -2.77. The molecule has 0 aliphatic carbocycles. The van der Waals surface area contributed by atoms with E-state index in [1.54, 1.807) is 18.2 Å². The lowest BCUT2D eigenvalue weighted by Crippen LogP contribution is -2.06. The predicted molar refractivity (Wildman–Crippen MR) is 124 cm³/mol. The van der Waals surface area contributed by atoms with E-state index in [9.17, 15) is 9.18 Å². The summed E-state index contributed by atoms with van der Waals surface area (Å²) in [6.07, 6.45) is 1.65. The molecule has 1 aliphatic rings. The highest BCUT2D eigenvalue weighted by Gasteiger charge is 2.25. The smallest absolute Gasteiger partial charge is 0.363 e. The highest BCUT2D eigenvalue weighted by atomic mass is 79.9. The maximum Gasteiger partial charge on any atom is 0.363 e. The third kappa shape index (κ3) is 4.94. The summed E-state index contributed by atoms with van der Waals surface area (Å²) in [6.45, 7) is 2.15. The van der Waals surface area contributed by atoms with Crippen molar-refractivity contribution in [2.75, 3.05) is 0 Å². The average molecular weight is 545 g/mol. The van der Waals surface area contributed by atoms with Crippen molar-refractivity contribution in [1.29, 1.82) is 0 Å². The van der Waals surface area contributed by atoms with Crippen LogP contribution in [0.5, 0.6) is 5.75 Å². The zero-order valence-electron chi connectivity index (χ0n) is 16.4. The van der Waals surface area contributed by atoms with Gasteiger partial charge in [0.1, 0.15) is 18.2 Å². The first-order valence-electron chi connectivity index (χ1n) is 9.35. The predicted octanol–water partition coefficient (Wildman–Crippen LogP) is 6.58. The summed E-state index contributed by atoms with van der Waals surface area (Å²) in [5.41, 5.74) is 3.42. The Morgan fingerprint density at radius 2 is 1.81 bits per heavy atom. The van der Waals surface area contributed by atoms with Crippen LogP contribution in [0.25, 0.3) is 6.08 Å². The first-order chi connectivity index (χ1) is 14.9. The average Bonchev–Trinajstić information content (AvgIpc) is 3.08. The van der Waals surface area contributed by atoms with Gasteiger partial charge in [-0.15, -0.1) is 0 Å². The Balaban J connectivity index is 1.57. The van der Waals surface area contributed by atoms with Crippen LogP contribution in [0.3, 0.4) is 0 Å². The standard InChI is InChI=1S/C24H16Br2FNO3/c1-14-5-2-3-8-18(14)23-28-21(24(29)31-23)12-16-10-19(25)22(20(26)11-16)30-13-15-6-4-7-17(27)9-15/h2-12H,13H2,1H3/b21-12-. The van der Waals surface area contributed by atoms with E-state index < -0.39 is 5.97 Å². The molecule has 156 valence electrons. The molecule has 7 heteroatoms. The Morgan fingerprint density at radius 3 is 2.52 bits per heavy atom. The minimum Gasteiger partial charge on any atom is -0.487 e. The van der Waals surface area contributed by atoms with Crippen molar-refractivity contribution in [3.05, 3.63) is 103 Å². The molecular formula is C24H16Br2FNO3. The zero-order valence-corrected chi connectivity index (χ0v) is 19.5. The number of benzene rings is 3. The van der Waals surface area contributed by atoms with Crippen LogP contribution in [-0.2, 0) is 16.1 Å². The lowest BCUT2D eigenvalue weighted by molar-refractivity contribution is -0.129. The molecule has 0 amide bonds. The van der Waals surface area contributed by atoms with Crippen LogP contribution in [0.2, 0.25) is 0 Å². The molecule has 0 fully saturated rings. The van der Waals surface area contributed by atoms with Gasteiger partial charge in [-0.3, -0.25) is 0 Å². The Labute approximate surface area is 195 Å². The molecule has 3 aromatic carbocycles. The molecule has 4 nitrogen and oxygen atoms in total. The molecular weight excluding hydrogens is 529 g/mol. The molecule has 0 aromatic heterocycles. The molecule has 1 heterocycles. The lowest BCUT2D eigenvalue weighted by atomic mass is 10.1. The first-order valence-corrected chi connectivity index (χ1v) is 10.9. The van der Waals surface area contributed by atoms with Gasteiger partial charge in [-0.25, -0.2) is 14.2 Å².